The molecule has 1 atom stereocenters. The van der Waals surface area contributed by atoms with Gasteiger partial charge < -0.3 is 9.84 Å². The number of halogens is 4. The molecule has 2 N–H and O–H groups in total. The zero-order valence-electron chi connectivity index (χ0n) is 13.4. The smallest absolute Gasteiger partial charge is 0.416 e. The van der Waals surface area contributed by atoms with Crippen LogP contribution < -0.4 is 9.46 Å². The van der Waals surface area contributed by atoms with E-state index in [9.17, 15) is 26.7 Å². The minimum atomic E-state index is -4.49. The van der Waals surface area contributed by atoms with Crippen molar-refractivity contribution in [3.05, 3.63) is 58.6 Å². The molecular weight excluding hydrogens is 395 g/mol. The van der Waals surface area contributed by atoms with Crippen LogP contribution in [0.1, 0.15) is 17.2 Å². The van der Waals surface area contributed by atoms with Crippen LogP contribution in [0.3, 0.4) is 0 Å². The SMILES string of the molecule is COc1ccc(S(=O)(=O)NCC(O)c2ccc(C(F)(F)F)cc2)cc1Cl. The number of sulfonamides is 1. The predicted molar refractivity (Wildman–Crippen MR) is 89.6 cm³/mol. The van der Waals surface area contributed by atoms with Crippen LogP contribution in [0.5, 0.6) is 5.75 Å². The molecule has 26 heavy (non-hydrogen) atoms. The molecule has 2 rings (SSSR count). The zero-order valence-corrected chi connectivity index (χ0v) is 15.0. The summed E-state index contributed by atoms with van der Waals surface area (Å²) in [5.74, 6) is 0.301. The molecule has 10 heteroatoms. The van der Waals surface area contributed by atoms with E-state index in [-0.39, 0.29) is 15.5 Å². The Kier molecular flexibility index (Phi) is 6.17. The maximum absolute atomic E-state index is 12.5. The highest BCUT2D eigenvalue weighted by Crippen LogP contribution is 2.30. The maximum atomic E-state index is 12.5. The topological polar surface area (TPSA) is 75.6 Å². The Morgan fingerprint density at radius 2 is 1.81 bits per heavy atom. The van der Waals surface area contributed by atoms with Gasteiger partial charge in [-0.25, -0.2) is 13.1 Å². The van der Waals surface area contributed by atoms with Crippen molar-refractivity contribution < 1.29 is 31.4 Å². The van der Waals surface area contributed by atoms with Crippen molar-refractivity contribution in [2.75, 3.05) is 13.7 Å². The first-order valence-corrected chi connectivity index (χ1v) is 9.09. The molecule has 0 aromatic heterocycles. The summed E-state index contributed by atoms with van der Waals surface area (Å²) in [5.41, 5.74) is -0.713. The highest BCUT2D eigenvalue weighted by molar-refractivity contribution is 7.89. The average Bonchev–Trinajstić information content (AvgIpc) is 2.59. The molecular formula is C16H15ClF3NO4S. The molecule has 0 saturated heterocycles. The first-order chi connectivity index (χ1) is 12.0. The summed E-state index contributed by atoms with van der Waals surface area (Å²) in [6.07, 6.45) is -5.81. The third-order valence-electron chi connectivity index (χ3n) is 3.52. The molecule has 0 heterocycles. The average molecular weight is 410 g/mol. The summed E-state index contributed by atoms with van der Waals surface area (Å²) in [6.45, 7) is -0.419. The molecule has 0 bridgehead atoms. The van der Waals surface area contributed by atoms with E-state index in [1.165, 1.54) is 25.3 Å². The zero-order chi connectivity index (χ0) is 19.5. The van der Waals surface area contributed by atoms with Gasteiger partial charge in [0, 0.05) is 6.54 Å². The fraction of sp³-hybridized carbons (Fsp3) is 0.250. The number of ether oxygens (including phenoxy) is 1. The predicted octanol–water partition coefficient (Wildman–Crippen LogP) is 3.38. The Labute approximate surface area is 153 Å². The lowest BCUT2D eigenvalue weighted by molar-refractivity contribution is -0.137. The van der Waals surface area contributed by atoms with Gasteiger partial charge in [-0.3, -0.25) is 0 Å². The summed E-state index contributed by atoms with van der Waals surface area (Å²) >= 11 is 5.89. The summed E-state index contributed by atoms with van der Waals surface area (Å²) in [4.78, 5) is -0.136. The van der Waals surface area contributed by atoms with Gasteiger partial charge in [0.25, 0.3) is 0 Å². The summed E-state index contributed by atoms with van der Waals surface area (Å²) in [7, 11) is -2.59. The second-order valence-corrected chi connectivity index (χ2v) is 7.46. The highest BCUT2D eigenvalue weighted by Gasteiger charge is 2.30. The first kappa shape index (κ1) is 20.5. The van der Waals surface area contributed by atoms with Crippen LogP contribution in [0, 0.1) is 0 Å². The molecule has 0 fully saturated rings. The highest BCUT2D eigenvalue weighted by atomic mass is 35.5. The number of aliphatic hydroxyl groups is 1. The fourth-order valence-corrected chi connectivity index (χ4v) is 3.48. The number of aliphatic hydroxyl groups excluding tert-OH is 1. The molecule has 0 aliphatic carbocycles. The van der Waals surface area contributed by atoms with E-state index in [0.29, 0.717) is 5.75 Å². The second-order valence-electron chi connectivity index (χ2n) is 5.28. The Balaban J connectivity index is 2.08. The van der Waals surface area contributed by atoms with Gasteiger partial charge in [-0.1, -0.05) is 23.7 Å². The van der Waals surface area contributed by atoms with E-state index in [1.54, 1.807) is 0 Å². The van der Waals surface area contributed by atoms with Gasteiger partial charge in [0.15, 0.2) is 0 Å². The van der Waals surface area contributed by atoms with Crippen LogP contribution in [0.25, 0.3) is 0 Å². The largest absolute Gasteiger partial charge is 0.495 e. The Morgan fingerprint density at radius 3 is 2.31 bits per heavy atom. The molecule has 0 spiro atoms. The molecule has 0 amide bonds. The quantitative estimate of drug-likeness (QED) is 0.767. The molecule has 0 aliphatic heterocycles. The van der Waals surface area contributed by atoms with Gasteiger partial charge in [-0.2, -0.15) is 13.2 Å². The maximum Gasteiger partial charge on any atom is 0.416 e. The molecule has 2 aromatic rings. The van der Waals surface area contributed by atoms with E-state index in [1.807, 2.05) is 0 Å². The van der Waals surface area contributed by atoms with E-state index >= 15 is 0 Å². The van der Waals surface area contributed by atoms with Crippen LogP contribution in [-0.2, 0) is 16.2 Å². The van der Waals surface area contributed by atoms with Crippen LogP contribution in [0.15, 0.2) is 47.4 Å². The Bertz CT molecular complexity index is 870. The van der Waals surface area contributed by atoms with Gasteiger partial charge in [-0.05, 0) is 35.9 Å². The molecule has 0 aliphatic rings. The monoisotopic (exact) mass is 409 g/mol. The number of hydrogen-bond donors (Lipinski definition) is 2. The summed E-state index contributed by atoms with van der Waals surface area (Å²) in [6, 6.07) is 7.65. The van der Waals surface area contributed by atoms with Crippen LogP contribution in [-0.4, -0.2) is 27.2 Å². The number of alkyl halides is 3. The Morgan fingerprint density at radius 1 is 1.19 bits per heavy atom. The standard InChI is InChI=1S/C16H15ClF3NO4S/c1-25-15-7-6-12(8-13(15)17)26(23,24)21-9-14(22)10-2-4-11(5-3-10)16(18,19)20/h2-8,14,21-22H,9H2,1H3. The third kappa shape index (κ3) is 4.88. The van der Waals surface area contributed by atoms with Crippen molar-refractivity contribution in [3.8, 4) is 5.75 Å². The molecule has 0 saturated carbocycles. The lowest BCUT2D eigenvalue weighted by Crippen LogP contribution is -2.28. The molecule has 5 nitrogen and oxygen atoms in total. The molecule has 0 radical (unpaired) electrons. The van der Waals surface area contributed by atoms with Crippen molar-refractivity contribution in [2.45, 2.75) is 17.2 Å². The number of nitrogens with one attached hydrogen (secondary N) is 1. The molecule has 2 aromatic carbocycles. The van der Waals surface area contributed by atoms with E-state index < -0.39 is 34.4 Å². The van der Waals surface area contributed by atoms with Gasteiger partial charge in [0.1, 0.15) is 5.75 Å². The van der Waals surface area contributed by atoms with E-state index in [0.717, 1.165) is 24.3 Å². The van der Waals surface area contributed by atoms with Gasteiger partial charge in [-0.15, -0.1) is 0 Å². The Hall–Kier alpha value is -1.81. The van der Waals surface area contributed by atoms with Crippen LogP contribution in [0.2, 0.25) is 5.02 Å². The fourth-order valence-electron chi connectivity index (χ4n) is 2.10. The van der Waals surface area contributed by atoms with Crippen molar-refractivity contribution in [2.24, 2.45) is 0 Å². The second kappa shape index (κ2) is 7.83. The minimum absolute atomic E-state index is 0.0960. The normalized spacial score (nSPS) is 13.5. The van der Waals surface area contributed by atoms with Crippen LogP contribution >= 0.6 is 11.6 Å². The van der Waals surface area contributed by atoms with Crippen molar-refractivity contribution >= 4 is 21.6 Å². The number of rotatable bonds is 6. The molecule has 142 valence electrons. The van der Waals surface area contributed by atoms with E-state index in [4.69, 9.17) is 16.3 Å². The number of hydrogen-bond acceptors (Lipinski definition) is 4. The van der Waals surface area contributed by atoms with Gasteiger partial charge in [0.2, 0.25) is 10.0 Å². The number of benzene rings is 2. The van der Waals surface area contributed by atoms with Crippen LogP contribution in [0.4, 0.5) is 13.2 Å². The lowest BCUT2D eigenvalue weighted by Gasteiger charge is -2.14. The summed E-state index contributed by atoms with van der Waals surface area (Å²) < 4.78 is 69.2. The molecule has 1 unspecified atom stereocenters. The van der Waals surface area contributed by atoms with Crippen molar-refractivity contribution in [1.29, 1.82) is 0 Å². The third-order valence-corrected chi connectivity index (χ3v) is 5.24. The van der Waals surface area contributed by atoms with E-state index in [2.05, 4.69) is 4.72 Å². The van der Waals surface area contributed by atoms with Gasteiger partial charge >= 0.3 is 6.18 Å². The van der Waals surface area contributed by atoms with Crippen molar-refractivity contribution in [3.63, 3.8) is 0 Å². The number of methoxy groups -OCH3 is 1. The minimum Gasteiger partial charge on any atom is -0.495 e. The lowest BCUT2D eigenvalue weighted by atomic mass is 10.1. The van der Waals surface area contributed by atoms with Crippen molar-refractivity contribution in [1.82, 2.24) is 4.72 Å². The van der Waals surface area contributed by atoms with Gasteiger partial charge in [0.05, 0.1) is 28.7 Å². The first-order valence-electron chi connectivity index (χ1n) is 7.23. The summed E-state index contributed by atoms with van der Waals surface area (Å²) in [5, 5.41) is 10.1.